The van der Waals surface area contributed by atoms with Gasteiger partial charge in [0.2, 0.25) is 5.91 Å². The number of para-hydroxylation sites is 1. The Morgan fingerprint density at radius 1 is 1.30 bits per heavy atom. The molecule has 1 N–H and O–H groups in total. The molecule has 2 aliphatic rings. The molecule has 1 aromatic carbocycles. The van der Waals surface area contributed by atoms with Gasteiger partial charge in [-0.1, -0.05) is 18.2 Å². The maximum absolute atomic E-state index is 11.9. The van der Waals surface area contributed by atoms with Crippen molar-refractivity contribution >= 4 is 5.91 Å². The Kier molecular flexibility index (Phi) is 4.21. The zero-order valence-corrected chi connectivity index (χ0v) is 11.6. The van der Waals surface area contributed by atoms with E-state index in [1.807, 2.05) is 24.3 Å². The third-order valence-corrected chi connectivity index (χ3v) is 3.82. The predicted octanol–water partition coefficient (Wildman–Crippen LogP) is 2.27. The predicted molar refractivity (Wildman–Crippen MR) is 75.5 cm³/mol. The van der Waals surface area contributed by atoms with Crippen LogP contribution in [0.4, 0.5) is 0 Å². The summed E-state index contributed by atoms with van der Waals surface area (Å²) in [7, 11) is 0. The summed E-state index contributed by atoms with van der Waals surface area (Å²) in [5.41, 5.74) is 1.03. The number of nitrogens with one attached hydrogen (secondary N) is 1. The molecular formula is C16H21NO3. The topological polar surface area (TPSA) is 47.6 Å². The molecule has 1 aliphatic carbocycles. The molecule has 4 heteroatoms. The van der Waals surface area contributed by atoms with Crippen molar-refractivity contribution in [2.45, 2.75) is 38.3 Å². The van der Waals surface area contributed by atoms with E-state index in [1.54, 1.807) is 0 Å². The van der Waals surface area contributed by atoms with Gasteiger partial charge in [0.1, 0.15) is 11.9 Å². The maximum atomic E-state index is 11.9. The monoisotopic (exact) mass is 275 g/mol. The van der Waals surface area contributed by atoms with Gasteiger partial charge < -0.3 is 14.8 Å². The fourth-order valence-electron chi connectivity index (χ4n) is 2.36. The van der Waals surface area contributed by atoms with Crippen molar-refractivity contribution in [3.63, 3.8) is 0 Å². The summed E-state index contributed by atoms with van der Waals surface area (Å²) in [4.78, 5) is 11.9. The second-order valence-corrected chi connectivity index (χ2v) is 5.58. The first kappa shape index (κ1) is 13.4. The summed E-state index contributed by atoms with van der Waals surface area (Å²) >= 11 is 0. The minimum atomic E-state index is -0.269. The van der Waals surface area contributed by atoms with Crippen LogP contribution in [-0.4, -0.2) is 25.2 Å². The van der Waals surface area contributed by atoms with Gasteiger partial charge in [0.25, 0.3) is 0 Å². The van der Waals surface area contributed by atoms with Crippen LogP contribution in [0, 0.1) is 5.92 Å². The fourth-order valence-corrected chi connectivity index (χ4v) is 2.36. The van der Waals surface area contributed by atoms with Crippen LogP contribution in [0.15, 0.2) is 24.3 Å². The Bertz CT molecular complexity index is 465. The van der Waals surface area contributed by atoms with E-state index in [9.17, 15) is 4.79 Å². The average molecular weight is 275 g/mol. The molecule has 0 bridgehead atoms. The molecule has 1 aliphatic heterocycles. The van der Waals surface area contributed by atoms with Gasteiger partial charge in [-0.15, -0.1) is 0 Å². The van der Waals surface area contributed by atoms with Crippen LogP contribution in [0.2, 0.25) is 0 Å². The average Bonchev–Trinajstić information content (AvgIpc) is 3.14. The molecule has 0 aromatic heterocycles. The first-order valence-electron chi connectivity index (χ1n) is 7.43. The standard InChI is InChI=1S/C16H21NO3/c18-16(15-6-3-9-19-15)17-10-13-4-1-2-5-14(13)20-11-12-7-8-12/h1-2,4-5,12,15H,3,6-11H2,(H,17,18)/t15-/m1/s1. The van der Waals surface area contributed by atoms with Crippen molar-refractivity contribution in [2.75, 3.05) is 13.2 Å². The smallest absolute Gasteiger partial charge is 0.249 e. The zero-order valence-electron chi connectivity index (χ0n) is 11.6. The second kappa shape index (κ2) is 6.27. The number of rotatable bonds is 6. The number of hydrogen-bond acceptors (Lipinski definition) is 3. The molecule has 1 heterocycles. The summed E-state index contributed by atoms with van der Waals surface area (Å²) in [5, 5.41) is 2.94. The summed E-state index contributed by atoms with van der Waals surface area (Å²) in [6, 6.07) is 7.90. The summed E-state index contributed by atoms with van der Waals surface area (Å²) < 4.78 is 11.2. The van der Waals surface area contributed by atoms with Gasteiger partial charge in [-0.05, 0) is 37.7 Å². The maximum Gasteiger partial charge on any atom is 0.249 e. The van der Waals surface area contributed by atoms with E-state index in [0.717, 1.165) is 36.7 Å². The minimum absolute atomic E-state index is 0.0144. The SMILES string of the molecule is O=C(NCc1ccccc1OCC1CC1)[C@H]1CCCO1. The Morgan fingerprint density at radius 3 is 2.90 bits per heavy atom. The van der Waals surface area contributed by atoms with E-state index in [2.05, 4.69) is 5.32 Å². The molecule has 1 amide bonds. The van der Waals surface area contributed by atoms with Crippen LogP contribution in [0.25, 0.3) is 0 Å². The quantitative estimate of drug-likeness (QED) is 0.866. The van der Waals surface area contributed by atoms with E-state index in [0.29, 0.717) is 13.2 Å². The molecule has 1 saturated carbocycles. The highest BCUT2D eigenvalue weighted by Crippen LogP contribution is 2.30. The number of carbonyl (C=O) groups excluding carboxylic acids is 1. The van der Waals surface area contributed by atoms with Gasteiger partial charge in [-0.25, -0.2) is 0 Å². The third kappa shape index (κ3) is 3.51. The number of benzene rings is 1. The molecule has 1 saturated heterocycles. The lowest BCUT2D eigenvalue weighted by atomic mass is 10.2. The largest absolute Gasteiger partial charge is 0.493 e. The Balaban J connectivity index is 1.54. The van der Waals surface area contributed by atoms with Crippen molar-refractivity contribution in [3.05, 3.63) is 29.8 Å². The highest BCUT2D eigenvalue weighted by Gasteiger charge is 2.24. The molecule has 108 valence electrons. The van der Waals surface area contributed by atoms with Gasteiger partial charge in [0, 0.05) is 18.7 Å². The second-order valence-electron chi connectivity index (χ2n) is 5.58. The molecule has 0 unspecified atom stereocenters. The van der Waals surface area contributed by atoms with Crippen LogP contribution >= 0.6 is 0 Å². The van der Waals surface area contributed by atoms with Crippen molar-refractivity contribution < 1.29 is 14.3 Å². The van der Waals surface area contributed by atoms with Gasteiger partial charge in [-0.2, -0.15) is 0 Å². The first-order chi connectivity index (χ1) is 9.83. The normalized spacial score (nSPS) is 21.7. The molecule has 4 nitrogen and oxygen atoms in total. The van der Waals surface area contributed by atoms with E-state index in [4.69, 9.17) is 9.47 Å². The number of hydrogen-bond donors (Lipinski definition) is 1. The van der Waals surface area contributed by atoms with Crippen LogP contribution in [0.5, 0.6) is 5.75 Å². The molecule has 20 heavy (non-hydrogen) atoms. The van der Waals surface area contributed by atoms with E-state index in [-0.39, 0.29) is 12.0 Å². The lowest BCUT2D eigenvalue weighted by Crippen LogP contribution is -2.33. The lowest BCUT2D eigenvalue weighted by molar-refractivity contribution is -0.130. The molecule has 2 fully saturated rings. The number of amides is 1. The van der Waals surface area contributed by atoms with Crippen LogP contribution in [0.3, 0.4) is 0 Å². The first-order valence-corrected chi connectivity index (χ1v) is 7.43. The van der Waals surface area contributed by atoms with Crippen molar-refractivity contribution in [3.8, 4) is 5.75 Å². The van der Waals surface area contributed by atoms with E-state index < -0.39 is 0 Å². The molecule has 1 aromatic rings. The van der Waals surface area contributed by atoms with Crippen LogP contribution in [0.1, 0.15) is 31.2 Å². The van der Waals surface area contributed by atoms with Gasteiger partial charge in [0.05, 0.1) is 6.61 Å². The molecule has 0 radical (unpaired) electrons. The highest BCUT2D eigenvalue weighted by molar-refractivity contribution is 5.81. The number of ether oxygens (including phenoxy) is 2. The van der Waals surface area contributed by atoms with Gasteiger partial charge in [0.15, 0.2) is 0 Å². The Labute approximate surface area is 119 Å². The third-order valence-electron chi connectivity index (χ3n) is 3.82. The summed E-state index contributed by atoms with van der Waals surface area (Å²) in [5.74, 6) is 1.59. The summed E-state index contributed by atoms with van der Waals surface area (Å²) in [6.45, 7) is 1.98. The van der Waals surface area contributed by atoms with E-state index in [1.165, 1.54) is 12.8 Å². The van der Waals surface area contributed by atoms with Gasteiger partial charge >= 0.3 is 0 Å². The zero-order chi connectivity index (χ0) is 13.8. The van der Waals surface area contributed by atoms with Crippen LogP contribution < -0.4 is 10.1 Å². The fraction of sp³-hybridized carbons (Fsp3) is 0.562. The van der Waals surface area contributed by atoms with E-state index >= 15 is 0 Å². The highest BCUT2D eigenvalue weighted by atomic mass is 16.5. The van der Waals surface area contributed by atoms with Gasteiger partial charge in [-0.3, -0.25) is 4.79 Å². The van der Waals surface area contributed by atoms with Crippen molar-refractivity contribution in [1.82, 2.24) is 5.32 Å². The number of carbonyl (C=O) groups is 1. The lowest BCUT2D eigenvalue weighted by Gasteiger charge is -2.13. The Hall–Kier alpha value is -1.55. The Morgan fingerprint density at radius 2 is 2.15 bits per heavy atom. The minimum Gasteiger partial charge on any atom is -0.493 e. The molecule has 0 spiro atoms. The molecule has 3 rings (SSSR count). The van der Waals surface area contributed by atoms with Crippen LogP contribution in [-0.2, 0) is 16.1 Å². The van der Waals surface area contributed by atoms with Crippen molar-refractivity contribution in [1.29, 1.82) is 0 Å². The molecule has 1 atom stereocenters. The van der Waals surface area contributed by atoms with Crippen molar-refractivity contribution in [2.24, 2.45) is 5.92 Å². The summed E-state index contributed by atoms with van der Waals surface area (Å²) in [6.07, 6.45) is 4.08. The molecular weight excluding hydrogens is 254 g/mol.